The van der Waals surface area contributed by atoms with E-state index < -0.39 is 52.8 Å². The average Bonchev–Trinajstić information content (AvgIpc) is 3.94. The molecule has 0 spiro atoms. The molecule has 0 radical (unpaired) electrons. The van der Waals surface area contributed by atoms with Crippen LogP contribution in [-0.4, -0.2) is 78.6 Å². The van der Waals surface area contributed by atoms with Gasteiger partial charge in [0.05, 0.1) is 17.9 Å². The molecule has 1 aliphatic heterocycles. The molecule has 276 valence electrons. The number of benzene rings is 2. The fourth-order valence-electron chi connectivity index (χ4n) is 9.56. The van der Waals surface area contributed by atoms with Crippen molar-refractivity contribution in [2.45, 2.75) is 120 Å². The van der Waals surface area contributed by atoms with Crippen molar-refractivity contribution in [1.82, 2.24) is 30.5 Å². The van der Waals surface area contributed by atoms with E-state index in [0.29, 0.717) is 36.4 Å². The molecule has 3 aliphatic carbocycles. The van der Waals surface area contributed by atoms with E-state index in [4.69, 9.17) is 5.73 Å². The average molecular weight is 712 g/mol. The maximum absolute atomic E-state index is 15.0. The molecule has 3 aromatic rings. The maximum Gasteiger partial charge on any atom is 0.287 e. The van der Waals surface area contributed by atoms with Gasteiger partial charge in [0.2, 0.25) is 17.6 Å². The fourth-order valence-corrected chi connectivity index (χ4v) is 9.56. The van der Waals surface area contributed by atoms with Crippen LogP contribution >= 0.6 is 0 Å². The zero-order valence-electron chi connectivity index (χ0n) is 30.0. The number of fused-ring (bicyclic) bond motifs is 3. The molecule has 2 aromatic carbocycles. The summed E-state index contributed by atoms with van der Waals surface area (Å²) in [4.78, 5) is 70.3. The van der Waals surface area contributed by atoms with Gasteiger partial charge < -0.3 is 26.4 Å². The summed E-state index contributed by atoms with van der Waals surface area (Å²) in [5.74, 6) is -2.69. The number of carbonyl (C=O) groups excluding carboxylic acids is 5. The summed E-state index contributed by atoms with van der Waals surface area (Å²) in [5, 5.41) is 27.1. The summed E-state index contributed by atoms with van der Waals surface area (Å²) in [6.07, 6.45) is 9.83. The van der Waals surface area contributed by atoms with Gasteiger partial charge in [-0.15, -0.1) is 5.10 Å². The van der Waals surface area contributed by atoms with Gasteiger partial charge in [0.1, 0.15) is 23.2 Å². The van der Waals surface area contributed by atoms with E-state index >= 15 is 4.79 Å². The molecule has 4 aliphatic rings. The van der Waals surface area contributed by atoms with Crippen LogP contribution in [0.3, 0.4) is 0 Å². The maximum atomic E-state index is 15.0. The third-order valence-corrected chi connectivity index (χ3v) is 12.3. The van der Waals surface area contributed by atoms with Gasteiger partial charge in [-0.3, -0.25) is 24.0 Å². The minimum Gasteiger partial charge on any atom is -0.384 e. The highest BCUT2D eigenvalue weighted by Crippen LogP contribution is 2.56. The lowest BCUT2D eigenvalue weighted by molar-refractivity contribution is -0.145. The number of hydrogen-bond acceptors (Lipinski definition) is 8. The van der Waals surface area contributed by atoms with Crippen LogP contribution in [0, 0.1) is 11.3 Å². The zero-order valence-corrected chi connectivity index (χ0v) is 30.0. The third kappa shape index (κ3) is 6.82. The Labute approximate surface area is 303 Å². The Hall–Kier alpha value is -4.65. The number of likely N-dealkylation sites (tertiary alicyclic amines) is 1. The molecule has 1 saturated heterocycles. The highest BCUT2D eigenvalue weighted by Gasteiger charge is 2.51. The summed E-state index contributed by atoms with van der Waals surface area (Å²) in [6.45, 7) is 3.28. The van der Waals surface area contributed by atoms with Crippen LogP contribution in [0.25, 0.3) is 10.8 Å². The first kappa shape index (κ1) is 35.7. The number of ketones is 1. The van der Waals surface area contributed by atoms with Gasteiger partial charge in [0, 0.05) is 18.5 Å². The van der Waals surface area contributed by atoms with Crippen molar-refractivity contribution in [3.05, 3.63) is 59.9 Å². The van der Waals surface area contributed by atoms with E-state index in [1.807, 2.05) is 36.4 Å². The van der Waals surface area contributed by atoms with Crippen molar-refractivity contribution in [3.8, 4) is 0 Å². The summed E-state index contributed by atoms with van der Waals surface area (Å²) in [6, 6.07) is 10.7. The Morgan fingerprint density at radius 2 is 1.71 bits per heavy atom. The fraction of sp³-hybridized carbons (Fsp3) is 0.564. The minimum absolute atomic E-state index is 0.0537. The van der Waals surface area contributed by atoms with Crippen LogP contribution in [0.1, 0.15) is 113 Å². The van der Waals surface area contributed by atoms with Gasteiger partial charge in [0.25, 0.3) is 11.8 Å². The number of rotatable bonds is 11. The molecule has 13 heteroatoms. The van der Waals surface area contributed by atoms with Gasteiger partial charge in [0.15, 0.2) is 0 Å². The lowest BCUT2D eigenvalue weighted by atomic mass is 9.77. The van der Waals surface area contributed by atoms with E-state index in [2.05, 4.69) is 20.9 Å². The van der Waals surface area contributed by atoms with Crippen LogP contribution in [0.15, 0.2) is 48.7 Å². The molecule has 1 unspecified atom stereocenters. The van der Waals surface area contributed by atoms with Crippen molar-refractivity contribution < 1.29 is 29.1 Å². The molecule has 2 heterocycles. The first-order valence-corrected chi connectivity index (χ1v) is 18.7. The second-order valence-electron chi connectivity index (χ2n) is 16.3. The molecule has 1 aromatic heterocycles. The second-order valence-corrected chi connectivity index (χ2v) is 16.3. The molecule has 3 saturated carbocycles. The highest BCUT2D eigenvalue weighted by molar-refractivity contribution is 6.39. The molecule has 3 atom stereocenters. The topological polar surface area (TPSA) is 190 Å². The Morgan fingerprint density at radius 1 is 1.00 bits per heavy atom. The number of hydrogen-bond donors (Lipinski definition) is 4. The van der Waals surface area contributed by atoms with Crippen LogP contribution in [0.4, 0.5) is 0 Å². The number of amides is 4. The number of aliphatic hydroxyl groups is 1. The standard InChI is InChI=1S/C39H49N7O6/c1-37(2,52)31-22-41-44-46(31)28-19-30(35(50)43-39(32(47)33(40)48)14-6-3-7-15-39)45(23-28)36(51)29(21-38-16-12-24(20-38)13-17-38)42-34(49)27-11-10-25-8-4-5-9-26(25)18-27/h4-5,8-11,18,22,24,28-30,52H,3,6-7,12-17,19-21,23H2,1-2H3,(H2,40,48)(H,42,49)(H,43,50)/t24?,28-,29?,30-,38?/m0/s1. The highest BCUT2D eigenvalue weighted by atomic mass is 16.3. The second kappa shape index (κ2) is 13.7. The summed E-state index contributed by atoms with van der Waals surface area (Å²) in [7, 11) is 0. The van der Waals surface area contributed by atoms with Gasteiger partial charge >= 0.3 is 0 Å². The summed E-state index contributed by atoms with van der Waals surface area (Å²) < 4.78 is 1.55. The molecule has 4 fully saturated rings. The number of carbonyl (C=O) groups is 5. The SMILES string of the molecule is CC(C)(O)c1cnnn1[C@H]1C[C@@H](C(=O)NC2(C(=O)C(N)=O)CCCCC2)N(C(=O)C(CC23CCC(CC2)C3)NC(=O)c2ccc3ccccc3c2)C1. The van der Waals surface area contributed by atoms with Crippen molar-refractivity contribution in [2.24, 2.45) is 17.1 Å². The first-order chi connectivity index (χ1) is 24.8. The van der Waals surface area contributed by atoms with Gasteiger partial charge in [-0.25, -0.2) is 4.68 Å². The Balaban J connectivity index is 1.23. The predicted molar refractivity (Wildman–Crippen MR) is 191 cm³/mol. The Morgan fingerprint density at radius 3 is 2.37 bits per heavy atom. The zero-order chi connectivity index (χ0) is 36.8. The van der Waals surface area contributed by atoms with Gasteiger partial charge in [-0.05, 0) is 99.5 Å². The summed E-state index contributed by atoms with van der Waals surface area (Å²) >= 11 is 0. The van der Waals surface area contributed by atoms with Crippen molar-refractivity contribution in [2.75, 3.05) is 6.54 Å². The van der Waals surface area contributed by atoms with Crippen LogP contribution in [-0.2, 0) is 24.8 Å². The van der Waals surface area contributed by atoms with E-state index in [9.17, 15) is 24.3 Å². The monoisotopic (exact) mass is 711 g/mol. The molecule has 2 bridgehead atoms. The molecular weight excluding hydrogens is 662 g/mol. The third-order valence-electron chi connectivity index (χ3n) is 12.3. The molecular formula is C39H49N7O6. The van der Waals surface area contributed by atoms with Gasteiger partial charge in [-0.2, -0.15) is 0 Å². The van der Waals surface area contributed by atoms with E-state index in [1.54, 1.807) is 24.6 Å². The largest absolute Gasteiger partial charge is 0.384 e. The number of nitrogens with two attached hydrogens (primary N) is 1. The molecule has 7 rings (SSSR count). The van der Waals surface area contributed by atoms with Crippen molar-refractivity contribution in [1.29, 1.82) is 0 Å². The van der Waals surface area contributed by atoms with Crippen molar-refractivity contribution >= 4 is 40.2 Å². The molecule has 52 heavy (non-hydrogen) atoms. The smallest absolute Gasteiger partial charge is 0.287 e. The lowest BCUT2D eigenvalue weighted by Gasteiger charge is -2.38. The minimum atomic E-state index is -1.45. The first-order valence-electron chi connectivity index (χ1n) is 18.7. The molecule has 5 N–H and O–H groups in total. The summed E-state index contributed by atoms with van der Waals surface area (Å²) in [5.41, 5.74) is 3.49. The molecule has 13 nitrogen and oxygen atoms in total. The molecule has 4 amide bonds. The van der Waals surface area contributed by atoms with Crippen LogP contribution in [0.2, 0.25) is 0 Å². The Kier molecular flexibility index (Phi) is 9.43. The van der Waals surface area contributed by atoms with Crippen LogP contribution < -0.4 is 16.4 Å². The van der Waals surface area contributed by atoms with E-state index in [1.165, 1.54) is 11.1 Å². The van der Waals surface area contributed by atoms with E-state index in [0.717, 1.165) is 49.3 Å². The predicted octanol–water partition coefficient (Wildman–Crippen LogP) is 3.44. The van der Waals surface area contributed by atoms with Crippen LogP contribution in [0.5, 0.6) is 0 Å². The van der Waals surface area contributed by atoms with Crippen molar-refractivity contribution in [3.63, 3.8) is 0 Å². The number of nitrogens with one attached hydrogen (secondary N) is 2. The van der Waals surface area contributed by atoms with E-state index in [-0.39, 0.29) is 37.1 Å². The number of Topliss-reactive ketones (excluding diaryl/α,β-unsaturated/α-hetero) is 1. The number of primary amides is 1. The number of aromatic nitrogens is 3. The quantitative estimate of drug-likeness (QED) is 0.218. The Bertz CT molecular complexity index is 1880. The number of nitrogens with zero attached hydrogens (tertiary/aromatic N) is 4. The normalized spacial score (nSPS) is 25.9. The lowest BCUT2D eigenvalue weighted by Crippen LogP contribution is -2.62. The van der Waals surface area contributed by atoms with Gasteiger partial charge in [-0.1, -0.05) is 54.8 Å².